The van der Waals surface area contributed by atoms with E-state index in [4.69, 9.17) is 0 Å². The van der Waals surface area contributed by atoms with E-state index in [9.17, 15) is 8.78 Å². The van der Waals surface area contributed by atoms with Crippen LogP contribution in [0.2, 0.25) is 0 Å². The largest absolute Gasteiger partial charge is 0.338 e. The maximum Gasteiger partial charge on any atom is 0.290 e. The van der Waals surface area contributed by atoms with Crippen molar-refractivity contribution >= 4 is 5.95 Å². The molecule has 1 aliphatic carbocycles. The summed E-state index contributed by atoms with van der Waals surface area (Å²) in [6.07, 6.45) is 2.90. The lowest BCUT2D eigenvalue weighted by Gasteiger charge is -2.38. The van der Waals surface area contributed by atoms with Crippen molar-refractivity contribution in [2.45, 2.75) is 38.2 Å². The van der Waals surface area contributed by atoms with Gasteiger partial charge in [-0.3, -0.25) is 0 Å². The first-order valence-corrected chi connectivity index (χ1v) is 5.59. The molecule has 16 heavy (non-hydrogen) atoms. The molecule has 2 heterocycles. The monoisotopic (exact) mass is 225 g/mol. The van der Waals surface area contributed by atoms with Gasteiger partial charge in [0.05, 0.1) is 0 Å². The molecule has 0 radical (unpaired) electrons. The molecule has 2 aliphatic rings. The molecule has 0 spiro atoms. The molecule has 1 unspecified atom stereocenters. The highest BCUT2D eigenvalue weighted by Crippen LogP contribution is 2.40. The molecular weight excluding hydrogens is 212 g/mol. The van der Waals surface area contributed by atoms with E-state index in [2.05, 4.69) is 16.9 Å². The van der Waals surface area contributed by atoms with Gasteiger partial charge in [0.1, 0.15) is 5.69 Å². The van der Waals surface area contributed by atoms with Gasteiger partial charge < -0.3 is 4.90 Å². The minimum Gasteiger partial charge on any atom is -0.338 e. The van der Waals surface area contributed by atoms with Crippen LogP contribution < -0.4 is 4.90 Å². The van der Waals surface area contributed by atoms with Gasteiger partial charge in [0.25, 0.3) is 5.92 Å². The first kappa shape index (κ1) is 9.93. The van der Waals surface area contributed by atoms with Gasteiger partial charge in [-0.05, 0) is 25.3 Å². The molecule has 1 fully saturated rings. The van der Waals surface area contributed by atoms with Crippen LogP contribution in [0, 0.1) is 0 Å². The molecule has 86 valence electrons. The van der Waals surface area contributed by atoms with E-state index in [1.54, 1.807) is 6.20 Å². The Hall–Kier alpha value is -1.26. The van der Waals surface area contributed by atoms with Crippen LogP contribution in [0.1, 0.15) is 31.0 Å². The van der Waals surface area contributed by atoms with Crippen LogP contribution in [0.4, 0.5) is 14.7 Å². The fraction of sp³-hybridized carbons (Fsp3) is 0.636. The zero-order valence-electron chi connectivity index (χ0n) is 9.08. The third-order valence-electron chi connectivity index (χ3n) is 3.48. The van der Waals surface area contributed by atoms with Gasteiger partial charge in [0.15, 0.2) is 0 Å². The van der Waals surface area contributed by atoms with E-state index in [1.807, 2.05) is 4.90 Å². The van der Waals surface area contributed by atoms with Crippen LogP contribution in [0.3, 0.4) is 0 Å². The average molecular weight is 225 g/mol. The molecule has 1 aliphatic heterocycles. The minimum absolute atomic E-state index is 0.0587. The minimum atomic E-state index is -2.76. The number of alkyl halides is 2. The number of anilines is 1. The van der Waals surface area contributed by atoms with Crippen molar-refractivity contribution in [2.75, 3.05) is 11.4 Å². The molecule has 1 saturated heterocycles. The molecule has 3 rings (SSSR count). The fourth-order valence-corrected chi connectivity index (χ4v) is 2.26. The van der Waals surface area contributed by atoms with Crippen molar-refractivity contribution in [1.82, 2.24) is 9.97 Å². The molecule has 0 saturated carbocycles. The highest BCUT2D eigenvalue weighted by Gasteiger charge is 2.42. The van der Waals surface area contributed by atoms with Gasteiger partial charge >= 0.3 is 0 Å². The highest BCUT2D eigenvalue weighted by atomic mass is 19.3. The van der Waals surface area contributed by atoms with Crippen LogP contribution in [0.15, 0.2) is 6.20 Å². The summed E-state index contributed by atoms with van der Waals surface area (Å²) in [4.78, 5) is 10.2. The quantitative estimate of drug-likeness (QED) is 0.733. The Morgan fingerprint density at radius 1 is 1.50 bits per heavy atom. The predicted molar refractivity (Wildman–Crippen MR) is 55.7 cm³/mol. The molecule has 1 aromatic heterocycles. The molecular formula is C11H13F2N3. The number of aryl methyl sites for hydroxylation is 1. The second-order valence-corrected chi connectivity index (χ2v) is 4.58. The number of fused-ring (bicyclic) bond motifs is 1. The Morgan fingerprint density at radius 3 is 2.94 bits per heavy atom. The topological polar surface area (TPSA) is 29.0 Å². The van der Waals surface area contributed by atoms with Crippen molar-refractivity contribution in [3.8, 4) is 0 Å². The zero-order chi connectivity index (χ0) is 11.3. The summed E-state index contributed by atoms with van der Waals surface area (Å²) in [6, 6.07) is 0.369. The smallest absolute Gasteiger partial charge is 0.290 e. The first-order chi connectivity index (χ1) is 7.58. The molecule has 5 heteroatoms. The summed E-state index contributed by atoms with van der Waals surface area (Å²) in [5, 5.41) is 0. The van der Waals surface area contributed by atoms with E-state index in [1.165, 1.54) is 0 Å². The third kappa shape index (κ3) is 1.30. The number of nitrogens with zero attached hydrogens (tertiary/aromatic N) is 3. The second-order valence-electron chi connectivity index (χ2n) is 4.58. The summed E-state index contributed by atoms with van der Waals surface area (Å²) in [5.41, 5.74) is 0.540. The van der Waals surface area contributed by atoms with E-state index in [0.29, 0.717) is 24.0 Å². The van der Waals surface area contributed by atoms with Crippen LogP contribution in [-0.2, 0) is 12.3 Å². The molecule has 3 nitrogen and oxygen atoms in total. The van der Waals surface area contributed by atoms with Crippen molar-refractivity contribution in [2.24, 2.45) is 0 Å². The van der Waals surface area contributed by atoms with Gasteiger partial charge in [0, 0.05) is 25.2 Å². The van der Waals surface area contributed by atoms with E-state index in [-0.39, 0.29) is 12.1 Å². The molecule has 0 amide bonds. The van der Waals surface area contributed by atoms with Gasteiger partial charge in [-0.2, -0.15) is 8.78 Å². The van der Waals surface area contributed by atoms with Gasteiger partial charge in [-0.1, -0.05) is 0 Å². The van der Waals surface area contributed by atoms with Gasteiger partial charge in [-0.15, -0.1) is 0 Å². The second kappa shape index (κ2) is 3.12. The Labute approximate surface area is 92.5 Å². The molecule has 0 aromatic carbocycles. The first-order valence-electron chi connectivity index (χ1n) is 5.59. The number of halogens is 2. The Bertz CT molecular complexity index is 433. The molecule has 1 atom stereocenters. The molecule has 0 N–H and O–H groups in total. The lowest BCUT2D eigenvalue weighted by atomic mass is 10.1. The van der Waals surface area contributed by atoms with Crippen LogP contribution in [0.5, 0.6) is 0 Å². The Balaban J connectivity index is 1.99. The highest BCUT2D eigenvalue weighted by molar-refractivity contribution is 5.40. The SMILES string of the molecule is CC1CCN1c1ncc2c(n1)C(F)(F)CC2. The predicted octanol–water partition coefficient (Wildman–Crippen LogP) is 2.11. The van der Waals surface area contributed by atoms with Crippen molar-refractivity contribution in [3.05, 3.63) is 17.5 Å². The van der Waals surface area contributed by atoms with E-state index < -0.39 is 5.92 Å². The average Bonchev–Trinajstić information content (AvgIpc) is 2.53. The fourth-order valence-electron chi connectivity index (χ4n) is 2.26. The van der Waals surface area contributed by atoms with Crippen molar-refractivity contribution in [1.29, 1.82) is 0 Å². The van der Waals surface area contributed by atoms with Crippen molar-refractivity contribution in [3.63, 3.8) is 0 Å². The van der Waals surface area contributed by atoms with Crippen molar-refractivity contribution < 1.29 is 8.78 Å². The van der Waals surface area contributed by atoms with Crippen LogP contribution in [-0.4, -0.2) is 22.6 Å². The maximum atomic E-state index is 13.5. The Kier molecular flexibility index (Phi) is 1.94. The number of hydrogen-bond donors (Lipinski definition) is 0. The zero-order valence-corrected chi connectivity index (χ0v) is 9.08. The van der Waals surface area contributed by atoms with Gasteiger partial charge in [-0.25, -0.2) is 9.97 Å². The standard InChI is InChI=1S/C11H13F2N3/c1-7-3-5-16(7)10-14-6-8-2-4-11(12,13)9(8)15-10/h6-7H,2-5H2,1H3. The van der Waals surface area contributed by atoms with Crippen LogP contribution >= 0.6 is 0 Å². The van der Waals surface area contributed by atoms with Crippen LogP contribution in [0.25, 0.3) is 0 Å². The number of rotatable bonds is 1. The third-order valence-corrected chi connectivity index (χ3v) is 3.48. The summed E-state index contributed by atoms with van der Waals surface area (Å²) in [7, 11) is 0. The number of hydrogen-bond acceptors (Lipinski definition) is 3. The summed E-state index contributed by atoms with van der Waals surface area (Å²) in [6.45, 7) is 2.92. The maximum absolute atomic E-state index is 13.5. The lowest BCUT2D eigenvalue weighted by Crippen LogP contribution is -2.46. The van der Waals surface area contributed by atoms with E-state index in [0.717, 1.165) is 13.0 Å². The van der Waals surface area contributed by atoms with E-state index >= 15 is 0 Å². The number of aromatic nitrogens is 2. The summed E-state index contributed by atoms with van der Waals surface area (Å²) >= 11 is 0. The summed E-state index contributed by atoms with van der Waals surface area (Å²) in [5.74, 6) is -2.31. The normalized spacial score (nSPS) is 26.4. The molecule has 0 bridgehead atoms. The molecule has 1 aromatic rings. The lowest BCUT2D eigenvalue weighted by molar-refractivity contribution is -0.00595. The Morgan fingerprint density at radius 2 is 2.31 bits per heavy atom. The summed E-state index contributed by atoms with van der Waals surface area (Å²) < 4.78 is 27.0. The van der Waals surface area contributed by atoms with Gasteiger partial charge in [0.2, 0.25) is 5.95 Å².